The number of ether oxygens (including phenoxy) is 1. The molecule has 0 spiro atoms. The Morgan fingerprint density at radius 2 is 2.19 bits per heavy atom. The van der Waals surface area contributed by atoms with Crippen molar-refractivity contribution in [3.63, 3.8) is 0 Å². The summed E-state index contributed by atoms with van der Waals surface area (Å²) in [5.74, 6) is 1.56. The van der Waals surface area contributed by atoms with Crippen LogP contribution in [0.2, 0.25) is 5.28 Å². The first-order valence-electron chi connectivity index (χ1n) is 5.03. The number of hydrogen-bond donors (Lipinski definition) is 0. The maximum atomic E-state index is 5.96. The van der Waals surface area contributed by atoms with Crippen LogP contribution in [-0.4, -0.2) is 21.4 Å². The van der Waals surface area contributed by atoms with Crippen molar-refractivity contribution in [1.29, 1.82) is 0 Å². The van der Waals surface area contributed by atoms with E-state index >= 15 is 0 Å². The third kappa shape index (κ3) is 2.02. The van der Waals surface area contributed by atoms with Gasteiger partial charge in [0.05, 0.1) is 12.3 Å². The Hall–Kier alpha value is -1.55. The number of halogens is 1. The standard InChI is InChI=1S/C11H12ClN3O/c1-3-16-10-6-4-5-9(7-10)15-8(2)13-14-11(15)12/h4-7H,3H2,1-2H3. The molecule has 0 atom stereocenters. The van der Waals surface area contributed by atoms with Gasteiger partial charge < -0.3 is 4.74 Å². The van der Waals surface area contributed by atoms with Crippen LogP contribution in [0.3, 0.4) is 0 Å². The van der Waals surface area contributed by atoms with E-state index in [9.17, 15) is 0 Å². The van der Waals surface area contributed by atoms with Gasteiger partial charge in [0, 0.05) is 6.07 Å². The number of nitrogens with zero attached hydrogens (tertiary/aromatic N) is 3. The fourth-order valence-electron chi connectivity index (χ4n) is 1.51. The molecule has 5 heteroatoms. The molecule has 1 aromatic heterocycles. The second-order valence-electron chi connectivity index (χ2n) is 3.28. The van der Waals surface area contributed by atoms with Gasteiger partial charge in [-0.05, 0) is 37.6 Å². The number of aryl methyl sites for hydroxylation is 1. The van der Waals surface area contributed by atoms with Crippen LogP contribution in [0.5, 0.6) is 5.75 Å². The molecule has 0 amide bonds. The molecule has 84 valence electrons. The van der Waals surface area contributed by atoms with Crippen LogP contribution in [0.4, 0.5) is 0 Å². The van der Waals surface area contributed by atoms with E-state index in [1.165, 1.54) is 0 Å². The fourth-order valence-corrected chi connectivity index (χ4v) is 1.77. The lowest BCUT2D eigenvalue weighted by Crippen LogP contribution is -1.98. The molecule has 0 aliphatic carbocycles. The average Bonchev–Trinajstić information content (AvgIpc) is 2.59. The first kappa shape index (κ1) is 11.0. The van der Waals surface area contributed by atoms with Gasteiger partial charge >= 0.3 is 0 Å². The quantitative estimate of drug-likeness (QED) is 0.824. The average molecular weight is 238 g/mol. The number of hydrogen-bond acceptors (Lipinski definition) is 3. The Balaban J connectivity index is 2.44. The number of aromatic nitrogens is 3. The van der Waals surface area contributed by atoms with E-state index in [1.54, 1.807) is 4.57 Å². The normalized spacial score (nSPS) is 10.4. The van der Waals surface area contributed by atoms with Crippen LogP contribution in [0, 0.1) is 6.92 Å². The van der Waals surface area contributed by atoms with Gasteiger partial charge in [0.2, 0.25) is 5.28 Å². The predicted octanol–water partition coefficient (Wildman–Crippen LogP) is 2.63. The molecule has 4 nitrogen and oxygen atoms in total. The van der Waals surface area contributed by atoms with Crippen molar-refractivity contribution < 1.29 is 4.74 Å². The van der Waals surface area contributed by atoms with Crippen LogP contribution < -0.4 is 4.74 Å². The van der Waals surface area contributed by atoms with Crippen molar-refractivity contribution in [2.24, 2.45) is 0 Å². The van der Waals surface area contributed by atoms with E-state index in [4.69, 9.17) is 16.3 Å². The highest BCUT2D eigenvalue weighted by molar-refractivity contribution is 6.28. The summed E-state index contributed by atoms with van der Waals surface area (Å²) in [5, 5.41) is 8.07. The van der Waals surface area contributed by atoms with Crippen molar-refractivity contribution >= 4 is 11.6 Å². The third-order valence-corrected chi connectivity index (χ3v) is 2.42. The third-order valence-electron chi connectivity index (χ3n) is 2.17. The minimum atomic E-state index is 0.353. The summed E-state index contributed by atoms with van der Waals surface area (Å²) in [7, 11) is 0. The van der Waals surface area contributed by atoms with Crippen molar-refractivity contribution in [1.82, 2.24) is 14.8 Å². The molecule has 0 N–H and O–H groups in total. The van der Waals surface area contributed by atoms with Crippen LogP contribution >= 0.6 is 11.6 Å². The zero-order valence-corrected chi connectivity index (χ0v) is 9.90. The topological polar surface area (TPSA) is 39.9 Å². The lowest BCUT2D eigenvalue weighted by atomic mass is 10.3. The van der Waals surface area contributed by atoms with E-state index in [2.05, 4.69) is 10.2 Å². The van der Waals surface area contributed by atoms with Crippen molar-refractivity contribution in [2.45, 2.75) is 13.8 Å². The van der Waals surface area contributed by atoms with E-state index in [0.717, 1.165) is 17.3 Å². The molecule has 2 rings (SSSR count). The Labute approximate surface area is 98.8 Å². The molecule has 0 saturated heterocycles. The Morgan fingerprint density at radius 1 is 1.38 bits per heavy atom. The smallest absolute Gasteiger partial charge is 0.229 e. The molecule has 0 bridgehead atoms. The second-order valence-corrected chi connectivity index (χ2v) is 3.62. The highest BCUT2D eigenvalue weighted by atomic mass is 35.5. The lowest BCUT2D eigenvalue weighted by Gasteiger charge is -2.08. The first-order chi connectivity index (χ1) is 7.72. The van der Waals surface area contributed by atoms with Gasteiger partial charge in [-0.3, -0.25) is 4.57 Å². The van der Waals surface area contributed by atoms with Gasteiger partial charge in [-0.25, -0.2) is 0 Å². The van der Waals surface area contributed by atoms with Gasteiger partial charge in [0.25, 0.3) is 0 Å². The SMILES string of the molecule is CCOc1cccc(-n2c(C)nnc2Cl)c1. The maximum Gasteiger partial charge on any atom is 0.229 e. The maximum absolute atomic E-state index is 5.96. The van der Waals surface area contributed by atoms with Crippen molar-refractivity contribution in [3.8, 4) is 11.4 Å². The summed E-state index contributed by atoms with van der Waals surface area (Å²) in [6.07, 6.45) is 0. The van der Waals surface area contributed by atoms with Gasteiger partial charge in [-0.15, -0.1) is 10.2 Å². The van der Waals surface area contributed by atoms with E-state index in [1.807, 2.05) is 38.1 Å². The summed E-state index contributed by atoms with van der Waals surface area (Å²) >= 11 is 5.96. The summed E-state index contributed by atoms with van der Waals surface area (Å²) < 4.78 is 7.19. The van der Waals surface area contributed by atoms with Crippen molar-refractivity contribution in [2.75, 3.05) is 6.61 Å². The Bertz CT molecular complexity index is 476. The van der Waals surface area contributed by atoms with Crippen LogP contribution in [0.15, 0.2) is 24.3 Å². The van der Waals surface area contributed by atoms with Gasteiger partial charge in [0.15, 0.2) is 0 Å². The van der Waals surface area contributed by atoms with Crippen LogP contribution in [0.1, 0.15) is 12.7 Å². The number of rotatable bonds is 3. The molecule has 2 aromatic rings. The van der Waals surface area contributed by atoms with Gasteiger partial charge in [0.1, 0.15) is 11.6 Å². The minimum absolute atomic E-state index is 0.353. The second kappa shape index (κ2) is 4.53. The van der Waals surface area contributed by atoms with Crippen LogP contribution in [-0.2, 0) is 0 Å². The zero-order chi connectivity index (χ0) is 11.5. The molecule has 0 saturated carbocycles. The minimum Gasteiger partial charge on any atom is -0.494 e. The summed E-state index contributed by atoms with van der Waals surface area (Å²) in [6.45, 7) is 4.44. The predicted molar refractivity (Wildman–Crippen MR) is 62.3 cm³/mol. The lowest BCUT2D eigenvalue weighted by molar-refractivity contribution is 0.340. The Kier molecular flexibility index (Phi) is 3.10. The largest absolute Gasteiger partial charge is 0.494 e. The molecule has 16 heavy (non-hydrogen) atoms. The molecule has 0 fully saturated rings. The molecule has 0 radical (unpaired) electrons. The molecule has 1 aromatic carbocycles. The van der Waals surface area contributed by atoms with Crippen LogP contribution in [0.25, 0.3) is 5.69 Å². The summed E-state index contributed by atoms with van der Waals surface area (Å²) in [4.78, 5) is 0. The fraction of sp³-hybridized carbons (Fsp3) is 0.273. The Morgan fingerprint density at radius 3 is 2.81 bits per heavy atom. The summed E-state index contributed by atoms with van der Waals surface area (Å²) in [5.41, 5.74) is 0.901. The summed E-state index contributed by atoms with van der Waals surface area (Å²) in [6, 6.07) is 7.66. The molecule has 0 unspecified atom stereocenters. The molecule has 0 aliphatic heterocycles. The molecule has 1 heterocycles. The molecular weight excluding hydrogens is 226 g/mol. The van der Waals surface area contributed by atoms with E-state index in [0.29, 0.717) is 11.9 Å². The highest BCUT2D eigenvalue weighted by Crippen LogP contribution is 2.20. The monoisotopic (exact) mass is 237 g/mol. The highest BCUT2D eigenvalue weighted by Gasteiger charge is 2.08. The van der Waals surface area contributed by atoms with Gasteiger partial charge in [-0.2, -0.15) is 0 Å². The van der Waals surface area contributed by atoms with E-state index < -0.39 is 0 Å². The first-order valence-corrected chi connectivity index (χ1v) is 5.41. The van der Waals surface area contributed by atoms with Crippen molar-refractivity contribution in [3.05, 3.63) is 35.4 Å². The molecule has 0 aliphatic rings. The van der Waals surface area contributed by atoms with Gasteiger partial charge in [-0.1, -0.05) is 6.07 Å². The molecular formula is C11H12ClN3O. The zero-order valence-electron chi connectivity index (χ0n) is 9.14. The van der Waals surface area contributed by atoms with E-state index in [-0.39, 0.29) is 0 Å². The number of benzene rings is 1.